The van der Waals surface area contributed by atoms with Gasteiger partial charge in [-0.15, -0.1) is 0 Å². The summed E-state index contributed by atoms with van der Waals surface area (Å²) in [5.74, 6) is 0.857. The Kier molecular flexibility index (Phi) is 6.53. The Morgan fingerprint density at radius 2 is 1.53 bits per heavy atom. The molecule has 2 aromatic heterocycles. The van der Waals surface area contributed by atoms with Crippen LogP contribution in [0.4, 0.5) is 0 Å². The van der Waals surface area contributed by atoms with Crippen molar-refractivity contribution in [2.45, 2.75) is 56.1 Å². The van der Waals surface area contributed by atoms with Gasteiger partial charge in [-0.1, -0.05) is 24.3 Å². The van der Waals surface area contributed by atoms with Crippen LogP contribution in [0.2, 0.25) is 0 Å². The molecule has 0 bridgehead atoms. The number of likely N-dealkylation sites (tertiary alicyclic amines) is 2. The number of sulfone groups is 1. The summed E-state index contributed by atoms with van der Waals surface area (Å²) >= 11 is 0. The summed E-state index contributed by atoms with van der Waals surface area (Å²) in [5.41, 5.74) is 7.77. The highest BCUT2D eigenvalue weighted by molar-refractivity contribution is 7.90. The zero-order valence-corrected chi connectivity index (χ0v) is 25.8. The van der Waals surface area contributed by atoms with Gasteiger partial charge in [0, 0.05) is 80.8 Å². The third-order valence-electron chi connectivity index (χ3n) is 9.85. The number of ether oxygens (including phenoxy) is 1. The Morgan fingerprint density at radius 3 is 2.19 bits per heavy atom. The maximum Gasteiger partial charge on any atom is 0.175 e. The van der Waals surface area contributed by atoms with Gasteiger partial charge in [-0.2, -0.15) is 0 Å². The average molecular weight is 598 g/mol. The Balaban J connectivity index is 0.985. The fourth-order valence-corrected chi connectivity index (χ4v) is 8.10. The van der Waals surface area contributed by atoms with Gasteiger partial charge in [-0.25, -0.2) is 18.4 Å². The second-order valence-corrected chi connectivity index (χ2v) is 15.4. The molecule has 1 aliphatic carbocycles. The minimum absolute atomic E-state index is 0.319. The summed E-state index contributed by atoms with van der Waals surface area (Å²) in [5, 5.41) is 0. The molecule has 2 aromatic carbocycles. The minimum atomic E-state index is -3.25. The Labute approximate surface area is 253 Å². The van der Waals surface area contributed by atoms with Crippen LogP contribution in [-0.4, -0.2) is 84.4 Å². The lowest BCUT2D eigenvalue weighted by Gasteiger charge is -2.62. The molecule has 3 aliphatic heterocycles. The molecule has 224 valence electrons. The molecule has 4 fully saturated rings. The Bertz CT molecular complexity index is 1770. The smallest absolute Gasteiger partial charge is 0.175 e. The number of aryl methyl sites for hydroxylation is 1. The van der Waals surface area contributed by atoms with E-state index >= 15 is 0 Å². The van der Waals surface area contributed by atoms with Crippen LogP contribution in [0.15, 0.2) is 59.5 Å². The number of rotatable bonds is 7. The molecule has 9 heteroatoms. The first-order valence-corrected chi connectivity index (χ1v) is 17.5. The van der Waals surface area contributed by atoms with Crippen molar-refractivity contribution in [3.63, 3.8) is 0 Å². The molecule has 0 atom stereocenters. The molecule has 0 unspecified atom stereocenters. The topological polar surface area (TPSA) is 80.6 Å². The van der Waals surface area contributed by atoms with E-state index < -0.39 is 9.84 Å². The zero-order chi connectivity index (χ0) is 29.3. The molecule has 1 spiro atoms. The van der Waals surface area contributed by atoms with Crippen molar-refractivity contribution in [3.8, 4) is 22.6 Å². The largest absolute Gasteiger partial charge is 0.381 e. The second-order valence-electron chi connectivity index (χ2n) is 13.4. The van der Waals surface area contributed by atoms with Gasteiger partial charge in [0.05, 0.1) is 10.6 Å². The Morgan fingerprint density at radius 1 is 0.860 bits per heavy atom. The molecule has 43 heavy (non-hydrogen) atoms. The number of fused-ring (bicyclic) bond motifs is 1. The maximum atomic E-state index is 12.0. The Hall–Kier alpha value is -3.11. The number of aromatic nitrogens is 3. The summed E-state index contributed by atoms with van der Waals surface area (Å²) < 4.78 is 31.8. The molecule has 0 amide bonds. The summed E-state index contributed by atoms with van der Waals surface area (Å²) in [6, 6.07) is 19.2. The van der Waals surface area contributed by atoms with Crippen LogP contribution in [0.25, 0.3) is 33.8 Å². The van der Waals surface area contributed by atoms with Crippen LogP contribution in [0, 0.1) is 12.3 Å². The third kappa shape index (κ3) is 5.10. The lowest BCUT2D eigenvalue weighted by Crippen LogP contribution is -2.73. The van der Waals surface area contributed by atoms with Crippen molar-refractivity contribution in [2.24, 2.45) is 5.41 Å². The van der Waals surface area contributed by atoms with Crippen molar-refractivity contribution in [1.29, 1.82) is 0 Å². The van der Waals surface area contributed by atoms with Crippen molar-refractivity contribution in [3.05, 3.63) is 65.7 Å². The first-order chi connectivity index (χ1) is 20.7. The fourth-order valence-electron chi connectivity index (χ4n) is 7.47. The van der Waals surface area contributed by atoms with Gasteiger partial charge < -0.3 is 9.30 Å². The fraction of sp³-hybridized carbons (Fsp3) is 0.471. The van der Waals surface area contributed by atoms with Crippen molar-refractivity contribution in [2.75, 3.05) is 45.6 Å². The van der Waals surface area contributed by atoms with Gasteiger partial charge in [0.15, 0.2) is 15.5 Å². The highest BCUT2D eigenvalue weighted by Crippen LogP contribution is 2.43. The molecule has 5 heterocycles. The van der Waals surface area contributed by atoms with Crippen LogP contribution < -0.4 is 0 Å². The van der Waals surface area contributed by atoms with E-state index in [0.29, 0.717) is 16.4 Å². The SMILES string of the molecule is Cc1cc(-c2ccc(CN3CC4(C3)CN(C3CCOCC3)C4)cc2)nc2c1nc(-c1ccc(S(C)(=O)=O)cc1)n2C1CC1. The van der Waals surface area contributed by atoms with E-state index in [1.165, 1.54) is 50.8 Å². The van der Waals surface area contributed by atoms with Gasteiger partial charge in [0.25, 0.3) is 0 Å². The van der Waals surface area contributed by atoms with Crippen molar-refractivity contribution in [1.82, 2.24) is 24.3 Å². The molecule has 4 aromatic rings. The van der Waals surface area contributed by atoms with Crippen LogP contribution >= 0.6 is 0 Å². The number of benzene rings is 2. The van der Waals surface area contributed by atoms with Gasteiger partial charge in [0.1, 0.15) is 11.3 Å². The van der Waals surface area contributed by atoms with Gasteiger partial charge in [-0.05, 0) is 74.1 Å². The number of hydrogen-bond donors (Lipinski definition) is 0. The highest BCUT2D eigenvalue weighted by atomic mass is 32.2. The molecular weight excluding hydrogens is 558 g/mol. The van der Waals surface area contributed by atoms with E-state index in [1.807, 2.05) is 12.1 Å². The summed E-state index contributed by atoms with van der Waals surface area (Å²) in [6.07, 6.45) is 5.83. The lowest BCUT2D eigenvalue weighted by atomic mass is 9.71. The van der Waals surface area contributed by atoms with E-state index in [-0.39, 0.29) is 0 Å². The monoisotopic (exact) mass is 597 g/mol. The van der Waals surface area contributed by atoms with E-state index in [0.717, 1.165) is 78.0 Å². The number of hydrogen-bond acceptors (Lipinski definition) is 7. The van der Waals surface area contributed by atoms with Crippen LogP contribution in [0.3, 0.4) is 0 Å². The summed E-state index contributed by atoms with van der Waals surface area (Å²) in [4.78, 5) is 15.8. The molecule has 8 rings (SSSR count). The predicted molar refractivity (Wildman–Crippen MR) is 168 cm³/mol. The quantitative estimate of drug-likeness (QED) is 0.293. The standard InChI is InChI=1S/C34H39N5O3S/c1-23-17-30(35-33-31(23)36-32(39(33)28-9-10-28)26-7-11-29(12-8-26)43(2,40)41)25-5-3-24(4-6-25)18-37-19-34(20-37)21-38(22-34)27-13-15-42-16-14-27/h3-8,11-12,17,27-28H,9-10,13-16,18-22H2,1-2H3. The molecule has 0 N–H and O–H groups in total. The predicted octanol–water partition coefficient (Wildman–Crippen LogP) is 5.11. The van der Waals surface area contributed by atoms with Crippen LogP contribution in [-0.2, 0) is 21.1 Å². The van der Waals surface area contributed by atoms with Crippen LogP contribution in [0.5, 0.6) is 0 Å². The number of pyridine rings is 1. The first kappa shape index (κ1) is 27.4. The minimum Gasteiger partial charge on any atom is -0.381 e. The van der Waals surface area contributed by atoms with Crippen molar-refractivity contribution < 1.29 is 13.2 Å². The molecule has 0 radical (unpaired) electrons. The maximum absolute atomic E-state index is 12.0. The molecule has 4 aliphatic rings. The highest BCUT2D eigenvalue weighted by Gasteiger charge is 2.52. The molecule has 3 saturated heterocycles. The van der Waals surface area contributed by atoms with Gasteiger partial charge in [0.2, 0.25) is 0 Å². The van der Waals surface area contributed by atoms with Crippen molar-refractivity contribution >= 4 is 21.0 Å². The van der Waals surface area contributed by atoms with E-state index in [4.69, 9.17) is 14.7 Å². The molecule has 1 saturated carbocycles. The van der Waals surface area contributed by atoms with Gasteiger partial charge in [-0.3, -0.25) is 9.80 Å². The van der Waals surface area contributed by atoms with E-state index in [9.17, 15) is 8.42 Å². The zero-order valence-electron chi connectivity index (χ0n) is 25.0. The average Bonchev–Trinajstić information content (AvgIpc) is 3.73. The van der Waals surface area contributed by atoms with E-state index in [1.54, 1.807) is 12.1 Å². The molecule has 8 nitrogen and oxygen atoms in total. The lowest BCUT2D eigenvalue weighted by molar-refractivity contribution is -0.143. The number of nitrogens with zero attached hydrogens (tertiary/aromatic N) is 5. The summed E-state index contributed by atoms with van der Waals surface area (Å²) in [6.45, 7) is 9.87. The summed E-state index contributed by atoms with van der Waals surface area (Å²) in [7, 11) is -3.25. The normalized spacial score (nSPS) is 21.3. The second kappa shape index (κ2) is 10.2. The van der Waals surface area contributed by atoms with E-state index in [2.05, 4.69) is 51.6 Å². The first-order valence-electron chi connectivity index (χ1n) is 15.6. The number of imidazole rings is 1. The molecular formula is C34H39N5O3S. The van der Waals surface area contributed by atoms with Gasteiger partial charge >= 0.3 is 0 Å². The third-order valence-corrected chi connectivity index (χ3v) is 11.0. The van der Waals surface area contributed by atoms with Crippen LogP contribution in [0.1, 0.15) is 42.9 Å².